The Labute approximate surface area is 167 Å². The predicted octanol–water partition coefficient (Wildman–Crippen LogP) is 3.24. The number of sulfonamides is 1. The maximum Gasteiger partial charge on any atom is 0.416 e. The van der Waals surface area contributed by atoms with E-state index in [9.17, 15) is 26.4 Å². The molecule has 29 heavy (non-hydrogen) atoms. The van der Waals surface area contributed by atoms with Crippen LogP contribution in [0.25, 0.3) is 0 Å². The van der Waals surface area contributed by atoms with E-state index in [0.717, 1.165) is 34.5 Å². The van der Waals surface area contributed by atoms with Gasteiger partial charge in [0.25, 0.3) is 5.91 Å². The number of nitrogens with one attached hydrogen (secondary N) is 1. The molecule has 1 amide bonds. The minimum absolute atomic E-state index is 0.134. The first-order chi connectivity index (χ1) is 13.4. The first kappa shape index (κ1) is 22.4. The van der Waals surface area contributed by atoms with Crippen molar-refractivity contribution in [1.29, 1.82) is 0 Å². The van der Waals surface area contributed by atoms with Gasteiger partial charge in [-0.05, 0) is 43.2 Å². The zero-order valence-electron chi connectivity index (χ0n) is 16.0. The fourth-order valence-electron chi connectivity index (χ4n) is 2.61. The number of aryl methyl sites for hydroxylation is 2. The number of carbonyl (C=O) groups excluding carboxylic acids is 1. The molecule has 0 heterocycles. The largest absolute Gasteiger partial charge is 0.416 e. The number of nitrogens with zero attached hydrogens (tertiary/aromatic N) is 2. The van der Waals surface area contributed by atoms with Crippen molar-refractivity contribution in [3.8, 4) is 0 Å². The highest BCUT2D eigenvalue weighted by Crippen LogP contribution is 2.29. The van der Waals surface area contributed by atoms with Gasteiger partial charge in [0.1, 0.15) is 6.54 Å². The van der Waals surface area contributed by atoms with Crippen LogP contribution >= 0.6 is 0 Å². The van der Waals surface area contributed by atoms with Crippen LogP contribution in [0.4, 0.5) is 18.9 Å². The van der Waals surface area contributed by atoms with Crippen LogP contribution < -0.4 is 9.73 Å². The van der Waals surface area contributed by atoms with Crippen molar-refractivity contribution < 1.29 is 26.4 Å². The Morgan fingerprint density at radius 1 is 1.17 bits per heavy atom. The van der Waals surface area contributed by atoms with Gasteiger partial charge in [-0.25, -0.2) is 13.8 Å². The molecule has 0 fully saturated rings. The highest BCUT2D eigenvalue weighted by Gasteiger charge is 2.30. The van der Waals surface area contributed by atoms with E-state index in [2.05, 4.69) is 10.5 Å². The van der Waals surface area contributed by atoms with Crippen LogP contribution in [-0.2, 0) is 21.0 Å². The average Bonchev–Trinajstić information content (AvgIpc) is 2.59. The van der Waals surface area contributed by atoms with Crippen LogP contribution in [0.3, 0.4) is 0 Å². The molecular weight excluding hydrogens is 407 g/mol. The number of halogens is 3. The molecule has 0 atom stereocenters. The third kappa shape index (κ3) is 6.31. The molecule has 1 N–H and O–H groups in total. The van der Waals surface area contributed by atoms with Gasteiger partial charge in [-0.15, -0.1) is 0 Å². The third-order valence-corrected chi connectivity index (χ3v) is 5.05. The van der Waals surface area contributed by atoms with Gasteiger partial charge in [0.2, 0.25) is 10.0 Å². The molecule has 0 saturated heterocycles. The lowest BCUT2D eigenvalue weighted by Crippen LogP contribution is -2.39. The van der Waals surface area contributed by atoms with Gasteiger partial charge in [-0.3, -0.25) is 9.10 Å². The molecule has 0 spiro atoms. The molecule has 0 bridgehead atoms. The van der Waals surface area contributed by atoms with Crippen molar-refractivity contribution >= 4 is 27.8 Å². The molecule has 2 rings (SSSR count). The van der Waals surface area contributed by atoms with Crippen LogP contribution in [0.15, 0.2) is 47.6 Å². The molecule has 2 aromatic carbocycles. The van der Waals surface area contributed by atoms with E-state index in [1.54, 1.807) is 25.1 Å². The van der Waals surface area contributed by atoms with E-state index in [1.165, 1.54) is 12.1 Å². The normalized spacial score (nSPS) is 12.2. The molecule has 0 radical (unpaired) electrons. The van der Waals surface area contributed by atoms with Crippen LogP contribution in [0.1, 0.15) is 22.3 Å². The average molecular weight is 427 g/mol. The highest BCUT2D eigenvalue weighted by molar-refractivity contribution is 7.92. The zero-order chi connectivity index (χ0) is 21.8. The Hall–Kier alpha value is -2.88. The molecule has 0 aromatic heterocycles. The fraction of sp³-hybridized carbons (Fsp3) is 0.263. The molecular formula is C19H20F3N3O3S. The second kappa shape index (κ2) is 8.64. The number of rotatable bonds is 6. The first-order valence-corrected chi connectivity index (χ1v) is 10.3. The van der Waals surface area contributed by atoms with Gasteiger partial charge in [0, 0.05) is 0 Å². The van der Waals surface area contributed by atoms with Crippen LogP contribution in [-0.4, -0.2) is 33.3 Å². The maximum atomic E-state index is 12.7. The summed E-state index contributed by atoms with van der Waals surface area (Å²) in [7, 11) is -3.75. The molecule has 0 aliphatic heterocycles. The number of hydrogen-bond donors (Lipinski definition) is 1. The summed E-state index contributed by atoms with van der Waals surface area (Å²) >= 11 is 0. The standard InChI is InChI=1S/C19H20F3N3O3S/c1-13-7-8-17(14(2)9-13)25(29(3,27)28)12-18(26)24-23-11-15-5-4-6-16(10-15)19(20,21)22/h4-11H,12H2,1-3H3,(H,24,26)/b23-11-. The Kier molecular flexibility index (Phi) is 6.68. The van der Waals surface area contributed by atoms with Gasteiger partial charge in [-0.1, -0.05) is 29.8 Å². The van der Waals surface area contributed by atoms with E-state index < -0.39 is 34.2 Å². The van der Waals surface area contributed by atoms with E-state index in [0.29, 0.717) is 11.3 Å². The van der Waals surface area contributed by atoms with Crippen LogP contribution in [0.2, 0.25) is 0 Å². The number of anilines is 1. The molecule has 6 nitrogen and oxygen atoms in total. The summed E-state index contributed by atoms with van der Waals surface area (Å²) in [6.07, 6.45) is -2.46. The zero-order valence-corrected chi connectivity index (χ0v) is 16.8. The second-order valence-corrected chi connectivity index (χ2v) is 8.38. The smallest absolute Gasteiger partial charge is 0.271 e. The molecule has 156 valence electrons. The maximum absolute atomic E-state index is 12.7. The summed E-state index contributed by atoms with van der Waals surface area (Å²) in [6.45, 7) is 3.06. The fourth-order valence-corrected chi connectivity index (χ4v) is 3.52. The van der Waals surface area contributed by atoms with Gasteiger partial charge >= 0.3 is 6.18 Å². The van der Waals surface area contributed by atoms with Crippen molar-refractivity contribution in [2.24, 2.45) is 5.10 Å². The lowest BCUT2D eigenvalue weighted by Gasteiger charge is -2.23. The monoisotopic (exact) mass is 427 g/mol. The van der Waals surface area contributed by atoms with Crippen LogP contribution in [0, 0.1) is 13.8 Å². The van der Waals surface area contributed by atoms with Crippen molar-refractivity contribution in [1.82, 2.24) is 5.43 Å². The number of amides is 1. The topological polar surface area (TPSA) is 78.8 Å². The number of carbonyl (C=O) groups is 1. The van der Waals surface area contributed by atoms with Gasteiger partial charge in [-0.2, -0.15) is 18.3 Å². The Morgan fingerprint density at radius 2 is 1.86 bits per heavy atom. The minimum atomic E-state index is -4.49. The Bertz CT molecular complexity index is 1030. The second-order valence-electron chi connectivity index (χ2n) is 6.48. The highest BCUT2D eigenvalue weighted by atomic mass is 32.2. The first-order valence-electron chi connectivity index (χ1n) is 8.42. The van der Waals surface area contributed by atoms with Crippen LogP contribution in [0.5, 0.6) is 0 Å². The van der Waals surface area contributed by atoms with Crippen molar-refractivity contribution in [3.05, 3.63) is 64.7 Å². The molecule has 0 aliphatic carbocycles. The molecule has 0 aliphatic rings. The molecule has 0 saturated carbocycles. The van der Waals surface area contributed by atoms with Gasteiger partial charge < -0.3 is 0 Å². The van der Waals surface area contributed by atoms with E-state index in [1.807, 2.05) is 6.92 Å². The lowest BCUT2D eigenvalue weighted by atomic mass is 10.1. The molecule has 2 aromatic rings. The van der Waals surface area contributed by atoms with Crippen molar-refractivity contribution in [2.45, 2.75) is 20.0 Å². The summed E-state index contributed by atoms with van der Waals surface area (Å²) in [4.78, 5) is 12.2. The summed E-state index contributed by atoms with van der Waals surface area (Å²) in [6, 6.07) is 9.53. The summed E-state index contributed by atoms with van der Waals surface area (Å²) < 4.78 is 63.4. The third-order valence-electron chi connectivity index (χ3n) is 3.93. The van der Waals surface area contributed by atoms with Gasteiger partial charge in [0.15, 0.2) is 0 Å². The summed E-state index contributed by atoms with van der Waals surface area (Å²) in [5.74, 6) is -0.737. The van der Waals surface area contributed by atoms with Crippen molar-refractivity contribution in [2.75, 3.05) is 17.1 Å². The molecule has 0 unspecified atom stereocenters. The molecule has 10 heteroatoms. The number of hydrogen-bond acceptors (Lipinski definition) is 4. The Morgan fingerprint density at radius 3 is 2.45 bits per heavy atom. The van der Waals surface area contributed by atoms with E-state index >= 15 is 0 Å². The van der Waals surface area contributed by atoms with E-state index in [-0.39, 0.29) is 5.56 Å². The quantitative estimate of drug-likeness (QED) is 0.568. The summed E-state index contributed by atoms with van der Waals surface area (Å²) in [5, 5.41) is 3.62. The number of benzene rings is 2. The predicted molar refractivity (Wildman–Crippen MR) is 105 cm³/mol. The minimum Gasteiger partial charge on any atom is -0.271 e. The lowest BCUT2D eigenvalue weighted by molar-refractivity contribution is -0.137. The number of alkyl halides is 3. The summed E-state index contributed by atoms with van der Waals surface area (Å²) in [5.41, 5.74) is 3.40. The van der Waals surface area contributed by atoms with Gasteiger partial charge in [0.05, 0.1) is 23.7 Å². The SMILES string of the molecule is Cc1ccc(N(CC(=O)N/N=C\c2cccc(C(F)(F)F)c2)S(C)(=O)=O)c(C)c1. The Balaban J connectivity index is 2.12. The number of hydrazone groups is 1. The van der Waals surface area contributed by atoms with E-state index in [4.69, 9.17) is 0 Å². The van der Waals surface area contributed by atoms with Crippen molar-refractivity contribution in [3.63, 3.8) is 0 Å².